The van der Waals surface area contributed by atoms with Crippen LogP contribution in [0.2, 0.25) is 10.0 Å². The highest BCUT2D eigenvalue weighted by Crippen LogP contribution is 2.39. The van der Waals surface area contributed by atoms with Crippen LogP contribution in [0.3, 0.4) is 0 Å². The van der Waals surface area contributed by atoms with Crippen molar-refractivity contribution in [3.8, 4) is 11.5 Å². The molecule has 0 amide bonds. The van der Waals surface area contributed by atoms with Gasteiger partial charge in [0.1, 0.15) is 0 Å². The minimum absolute atomic E-state index is 0.0354. The van der Waals surface area contributed by atoms with Crippen LogP contribution in [0.1, 0.15) is 27.7 Å². The highest BCUT2D eigenvalue weighted by molar-refractivity contribution is 6.35. The Morgan fingerprint density at radius 3 is 2.00 bits per heavy atom. The second-order valence-electron chi connectivity index (χ2n) is 4.05. The minimum Gasteiger partial charge on any atom is -0.487 e. The monoisotopic (exact) mass is 262 g/mol. The van der Waals surface area contributed by atoms with Gasteiger partial charge >= 0.3 is 0 Å². The molecule has 0 radical (unpaired) electrons. The van der Waals surface area contributed by atoms with Crippen molar-refractivity contribution in [1.29, 1.82) is 0 Å². The van der Waals surface area contributed by atoms with E-state index in [1.807, 2.05) is 27.7 Å². The quantitative estimate of drug-likeness (QED) is 0.792. The number of benzene rings is 1. The molecule has 0 saturated heterocycles. The molecule has 1 aromatic rings. The topological polar surface area (TPSA) is 18.5 Å². The fraction of sp³-hybridized carbons (Fsp3) is 0.500. The molecule has 4 heteroatoms. The summed E-state index contributed by atoms with van der Waals surface area (Å²) in [4.78, 5) is 0. The Kier molecular flexibility index (Phi) is 4.75. The van der Waals surface area contributed by atoms with Gasteiger partial charge in [0.2, 0.25) is 0 Å². The third kappa shape index (κ3) is 3.76. The van der Waals surface area contributed by atoms with Crippen molar-refractivity contribution < 1.29 is 9.47 Å². The van der Waals surface area contributed by atoms with Crippen molar-refractivity contribution in [3.05, 3.63) is 22.2 Å². The lowest BCUT2D eigenvalue weighted by atomic mass is 10.3. The summed E-state index contributed by atoms with van der Waals surface area (Å²) in [5, 5.41) is 1.01. The van der Waals surface area contributed by atoms with Crippen LogP contribution in [0.4, 0.5) is 0 Å². The Balaban J connectivity index is 3.10. The molecule has 2 nitrogen and oxygen atoms in total. The van der Waals surface area contributed by atoms with Gasteiger partial charge in [-0.25, -0.2) is 0 Å². The van der Waals surface area contributed by atoms with E-state index in [0.717, 1.165) is 0 Å². The van der Waals surface area contributed by atoms with E-state index in [1.165, 1.54) is 0 Å². The molecule has 1 rings (SSSR count). The second-order valence-corrected chi connectivity index (χ2v) is 4.89. The fourth-order valence-electron chi connectivity index (χ4n) is 1.23. The van der Waals surface area contributed by atoms with Gasteiger partial charge in [0.15, 0.2) is 11.5 Å². The molecule has 0 N–H and O–H groups in total. The zero-order chi connectivity index (χ0) is 12.3. The maximum absolute atomic E-state index is 6.07. The number of hydrogen-bond acceptors (Lipinski definition) is 2. The van der Waals surface area contributed by atoms with E-state index in [1.54, 1.807) is 12.1 Å². The van der Waals surface area contributed by atoms with E-state index < -0.39 is 0 Å². The molecule has 0 bridgehead atoms. The van der Waals surface area contributed by atoms with Gasteiger partial charge in [-0.3, -0.25) is 0 Å². The van der Waals surface area contributed by atoms with Crippen LogP contribution in [-0.4, -0.2) is 12.2 Å². The van der Waals surface area contributed by atoms with Crippen LogP contribution in [0, 0.1) is 0 Å². The molecular weight excluding hydrogens is 247 g/mol. The zero-order valence-electron chi connectivity index (χ0n) is 9.88. The molecule has 0 fully saturated rings. The lowest BCUT2D eigenvalue weighted by Crippen LogP contribution is -2.11. The van der Waals surface area contributed by atoms with Crippen molar-refractivity contribution >= 4 is 23.2 Å². The Bertz CT molecular complexity index is 362. The SMILES string of the molecule is CC(C)Oc1cc(Cl)cc(Cl)c1OC(C)C. The molecule has 1 aromatic carbocycles. The Labute approximate surface area is 106 Å². The van der Waals surface area contributed by atoms with Crippen molar-refractivity contribution in [2.75, 3.05) is 0 Å². The summed E-state index contributed by atoms with van der Waals surface area (Å²) in [7, 11) is 0. The molecule has 0 aliphatic rings. The first kappa shape index (κ1) is 13.5. The van der Waals surface area contributed by atoms with Crippen LogP contribution >= 0.6 is 23.2 Å². The summed E-state index contributed by atoms with van der Waals surface area (Å²) in [5.41, 5.74) is 0. The first-order chi connectivity index (χ1) is 7.40. The van der Waals surface area contributed by atoms with Gasteiger partial charge in [-0.1, -0.05) is 23.2 Å². The number of ether oxygens (including phenoxy) is 2. The van der Waals surface area contributed by atoms with Crippen molar-refractivity contribution in [1.82, 2.24) is 0 Å². The van der Waals surface area contributed by atoms with Crippen molar-refractivity contribution in [2.45, 2.75) is 39.9 Å². The van der Waals surface area contributed by atoms with Crippen LogP contribution < -0.4 is 9.47 Å². The molecule has 0 spiro atoms. The number of rotatable bonds is 4. The van der Waals surface area contributed by atoms with E-state index in [9.17, 15) is 0 Å². The lowest BCUT2D eigenvalue weighted by molar-refractivity contribution is 0.199. The van der Waals surface area contributed by atoms with Crippen molar-refractivity contribution in [3.63, 3.8) is 0 Å². The Morgan fingerprint density at radius 2 is 1.50 bits per heavy atom. The maximum atomic E-state index is 6.07. The van der Waals surface area contributed by atoms with Gasteiger partial charge in [0, 0.05) is 11.1 Å². The zero-order valence-corrected chi connectivity index (χ0v) is 11.4. The molecule has 16 heavy (non-hydrogen) atoms. The third-order valence-electron chi connectivity index (χ3n) is 1.69. The molecule has 0 unspecified atom stereocenters. The summed E-state index contributed by atoms with van der Waals surface area (Å²) in [6.45, 7) is 7.75. The number of hydrogen-bond donors (Lipinski definition) is 0. The normalized spacial score (nSPS) is 11.0. The predicted molar refractivity (Wildman–Crippen MR) is 68.0 cm³/mol. The van der Waals surface area contributed by atoms with Crippen LogP contribution in [0.15, 0.2) is 12.1 Å². The van der Waals surface area contributed by atoms with E-state index in [4.69, 9.17) is 32.7 Å². The molecule has 0 atom stereocenters. The smallest absolute Gasteiger partial charge is 0.180 e. The van der Waals surface area contributed by atoms with Crippen LogP contribution in [0.25, 0.3) is 0 Å². The van der Waals surface area contributed by atoms with E-state index in [2.05, 4.69) is 0 Å². The Morgan fingerprint density at radius 1 is 0.938 bits per heavy atom. The lowest BCUT2D eigenvalue weighted by Gasteiger charge is -2.18. The van der Waals surface area contributed by atoms with Crippen LogP contribution in [0.5, 0.6) is 11.5 Å². The fourth-order valence-corrected chi connectivity index (χ4v) is 1.75. The first-order valence-corrected chi connectivity index (χ1v) is 5.98. The number of halogens is 2. The minimum atomic E-state index is 0.0354. The summed E-state index contributed by atoms with van der Waals surface area (Å²) >= 11 is 12.0. The van der Waals surface area contributed by atoms with E-state index >= 15 is 0 Å². The van der Waals surface area contributed by atoms with Gasteiger partial charge in [0.05, 0.1) is 17.2 Å². The maximum Gasteiger partial charge on any atom is 0.180 e. The van der Waals surface area contributed by atoms with Gasteiger partial charge in [-0.15, -0.1) is 0 Å². The third-order valence-corrected chi connectivity index (χ3v) is 2.19. The average molecular weight is 263 g/mol. The van der Waals surface area contributed by atoms with Crippen molar-refractivity contribution in [2.24, 2.45) is 0 Å². The summed E-state index contributed by atoms with van der Waals surface area (Å²) in [5.74, 6) is 1.14. The van der Waals surface area contributed by atoms with Gasteiger partial charge < -0.3 is 9.47 Å². The summed E-state index contributed by atoms with van der Waals surface area (Å²) in [6, 6.07) is 3.36. The predicted octanol–water partition coefficient (Wildman–Crippen LogP) is 4.57. The molecule has 0 aliphatic heterocycles. The molecular formula is C12H16Cl2O2. The summed E-state index contributed by atoms with van der Waals surface area (Å²) in [6.07, 6.45) is 0.0808. The molecule has 0 saturated carbocycles. The van der Waals surface area contributed by atoms with Gasteiger partial charge in [0.25, 0.3) is 0 Å². The first-order valence-electron chi connectivity index (χ1n) is 5.22. The highest BCUT2D eigenvalue weighted by atomic mass is 35.5. The standard InChI is InChI=1S/C12H16Cl2O2/c1-7(2)15-11-6-9(13)5-10(14)12(11)16-8(3)4/h5-8H,1-4H3. The summed E-state index contributed by atoms with van der Waals surface area (Å²) < 4.78 is 11.2. The molecule has 0 aliphatic carbocycles. The molecule has 0 aromatic heterocycles. The Hall–Kier alpha value is -0.600. The van der Waals surface area contributed by atoms with E-state index in [-0.39, 0.29) is 12.2 Å². The van der Waals surface area contributed by atoms with Crippen LogP contribution in [-0.2, 0) is 0 Å². The second kappa shape index (κ2) is 5.65. The van der Waals surface area contributed by atoms with E-state index in [0.29, 0.717) is 21.5 Å². The molecule has 90 valence electrons. The largest absolute Gasteiger partial charge is 0.487 e. The van der Waals surface area contributed by atoms with Gasteiger partial charge in [-0.05, 0) is 33.8 Å². The molecule has 0 heterocycles. The average Bonchev–Trinajstić information content (AvgIpc) is 2.09. The highest BCUT2D eigenvalue weighted by Gasteiger charge is 2.14. The van der Waals surface area contributed by atoms with Gasteiger partial charge in [-0.2, -0.15) is 0 Å².